The van der Waals surface area contributed by atoms with Crippen molar-refractivity contribution in [3.8, 4) is 5.75 Å². The summed E-state index contributed by atoms with van der Waals surface area (Å²) >= 11 is 0. The second-order valence-corrected chi connectivity index (χ2v) is 7.07. The molecule has 4 N–H and O–H groups in total. The molecule has 0 aliphatic heterocycles. The number of hydrogen-bond acceptors (Lipinski definition) is 4. The number of anilines is 2. The van der Waals surface area contributed by atoms with Crippen LogP contribution >= 0.6 is 7.82 Å². The highest BCUT2D eigenvalue weighted by Gasteiger charge is 2.23. The van der Waals surface area contributed by atoms with Gasteiger partial charge in [0.2, 0.25) is 0 Å². The highest BCUT2D eigenvalue weighted by molar-refractivity contribution is 7.46. The topological polar surface area (TPSA) is 125 Å². The largest absolute Gasteiger partial charge is 0.524 e. The predicted octanol–water partition coefficient (Wildman–Crippen LogP) is 3.66. The van der Waals surface area contributed by atoms with E-state index in [1.165, 1.54) is 18.2 Å². The van der Waals surface area contributed by atoms with Crippen LogP contribution in [0.15, 0.2) is 78.9 Å². The van der Waals surface area contributed by atoms with Gasteiger partial charge in [0.15, 0.2) is 5.75 Å². The fourth-order valence-corrected chi connectivity index (χ4v) is 2.95. The van der Waals surface area contributed by atoms with Crippen LogP contribution in [0, 0.1) is 0 Å². The van der Waals surface area contributed by atoms with E-state index in [2.05, 4.69) is 10.6 Å². The molecule has 3 aromatic rings. The molecule has 29 heavy (non-hydrogen) atoms. The molecule has 2 amide bonds. The van der Waals surface area contributed by atoms with Crippen molar-refractivity contribution in [2.45, 2.75) is 0 Å². The molecule has 0 saturated carbocycles. The third kappa shape index (κ3) is 5.52. The normalized spacial score (nSPS) is 10.8. The molecule has 148 valence electrons. The highest BCUT2D eigenvalue weighted by atomic mass is 31.2. The summed E-state index contributed by atoms with van der Waals surface area (Å²) in [6, 6.07) is 20.9. The molecule has 9 heteroatoms. The number of phosphoric ester groups is 1. The SMILES string of the molecule is O=C(Nc1cccc(NC(=O)c2ccccc2)c1OP(=O)(O)O)c1ccccc1. The molecule has 0 aromatic heterocycles. The first-order valence-electron chi connectivity index (χ1n) is 8.44. The Hall–Kier alpha value is -3.45. The molecule has 0 heterocycles. The number of amides is 2. The number of hydrogen-bond donors (Lipinski definition) is 4. The number of carbonyl (C=O) groups is 2. The molecule has 0 atom stereocenters. The molecule has 0 fully saturated rings. The number of phosphoric acid groups is 1. The molecule has 0 aliphatic rings. The van der Waals surface area contributed by atoms with Crippen LogP contribution in [-0.4, -0.2) is 21.6 Å². The Kier molecular flexibility index (Phi) is 6.09. The van der Waals surface area contributed by atoms with E-state index in [4.69, 9.17) is 4.52 Å². The van der Waals surface area contributed by atoms with Gasteiger partial charge in [0.05, 0.1) is 11.4 Å². The van der Waals surface area contributed by atoms with Crippen LogP contribution in [0.4, 0.5) is 11.4 Å². The number of para-hydroxylation sites is 1. The monoisotopic (exact) mass is 412 g/mol. The fraction of sp³-hybridized carbons (Fsp3) is 0. The number of carbonyl (C=O) groups excluding carboxylic acids is 2. The number of rotatable bonds is 6. The van der Waals surface area contributed by atoms with Crippen LogP contribution in [0.1, 0.15) is 20.7 Å². The Morgan fingerprint density at radius 1 is 0.690 bits per heavy atom. The Morgan fingerprint density at radius 3 is 1.48 bits per heavy atom. The van der Waals surface area contributed by atoms with Gasteiger partial charge in [-0.2, -0.15) is 0 Å². The average molecular weight is 412 g/mol. The van der Waals surface area contributed by atoms with Gasteiger partial charge in [-0.25, -0.2) is 4.57 Å². The third-order valence-corrected chi connectivity index (χ3v) is 4.21. The Balaban J connectivity index is 1.94. The standard InChI is InChI=1S/C20H17N2O6P/c23-19(14-8-3-1-4-9-14)21-16-12-7-13-17(18(16)28-29(25,26)27)22-20(24)15-10-5-2-6-11-15/h1-13H,(H,21,23)(H,22,24)(H2,25,26,27). The summed E-state index contributed by atoms with van der Waals surface area (Å²) in [5.41, 5.74) is 0.669. The fourth-order valence-electron chi connectivity index (χ4n) is 2.52. The summed E-state index contributed by atoms with van der Waals surface area (Å²) in [5.74, 6) is -1.37. The summed E-state index contributed by atoms with van der Waals surface area (Å²) in [6.07, 6.45) is 0. The zero-order chi connectivity index (χ0) is 20.9. The number of nitrogens with one attached hydrogen (secondary N) is 2. The van der Waals surface area contributed by atoms with Crippen LogP contribution in [0.25, 0.3) is 0 Å². The lowest BCUT2D eigenvalue weighted by atomic mass is 10.2. The van der Waals surface area contributed by atoms with Gasteiger partial charge >= 0.3 is 7.82 Å². The van der Waals surface area contributed by atoms with E-state index < -0.39 is 19.6 Å². The minimum atomic E-state index is -4.97. The molecule has 0 radical (unpaired) electrons. The molecule has 0 spiro atoms. The van der Waals surface area contributed by atoms with Crippen LogP contribution < -0.4 is 15.2 Å². The van der Waals surface area contributed by atoms with Crippen molar-refractivity contribution in [3.05, 3.63) is 90.0 Å². The first-order valence-corrected chi connectivity index (χ1v) is 9.97. The lowest BCUT2D eigenvalue weighted by molar-refractivity contribution is 0.101. The third-order valence-electron chi connectivity index (χ3n) is 3.79. The van der Waals surface area contributed by atoms with Crippen LogP contribution in [0.5, 0.6) is 5.75 Å². The summed E-state index contributed by atoms with van der Waals surface area (Å²) in [5, 5.41) is 5.09. The van der Waals surface area contributed by atoms with Gasteiger partial charge in [-0.15, -0.1) is 0 Å². The van der Waals surface area contributed by atoms with Crippen molar-refractivity contribution in [3.63, 3.8) is 0 Å². The first kappa shape index (κ1) is 20.3. The van der Waals surface area contributed by atoms with Gasteiger partial charge in [0, 0.05) is 11.1 Å². The Labute approximate surface area is 166 Å². The van der Waals surface area contributed by atoms with E-state index in [9.17, 15) is 23.9 Å². The van der Waals surface area contributed by atoms with Gasteiger partial charge in [-0.1, -0.05) is 42.5 Å². The lowest BCUT2D eigenvalue weighted by Crippen LogP contribution is -2.15. The molecule has 3 aromatic carbocycles. The molecular formula is C20H17N2O6P. The average Bonchev–Trinajstić information content (AvgIpc) is 2.70. The maximum Gasteiger partial charge on any atom is 0.524 e. The molecule has 0 unspecified atom stereocenters. The molecular weight excluding hydrogens is 395 g/mol. The summed E-state index contributed by atoms with van der Waals surface area (Å²) in [4.78, 5) is 43.4. The van der Waals surface area contributed by atoms with Crippen molar-refractivity contribution in [1.29, 1.82) is 0 Å². The second kappa shape index (κ2) is 8.70. The number of benzene rings is 3. The molecule has 3 rings (SSSR count). The second-order valence-electron chi connectivity index (χ2n) is 5.90. The lowest BCUT2D eigenvalue weighted by Gasteiger charge is -2.17. The van der Waals surface area contributed by atoms with E-state index in [-0.39, 0.29) is 17.1 Å². The van der Waals surface area contributed by atoms with Crippen LogP contribution in [-0.2, 0) is 4.57 Å². The smallest absolute Gasteiger partial charge is 0.400 e. The van der Waals surface area contributed by atoms with E-state index >= 15 is 0 Å². The van der Waals surface area contributed by atoms with Gasteiger partial charge in [0.25, 0.3) is 11.8 Å². The molecule has 8 nitrogen and oxygen atoms in total. The zero-order valence-corrected chi connectivity index (χ0v) is 15.9. The van der Waals surface area contributed by atoms with Crippen molar-refractivity contribution in [1.82, 2.24) is 0 Å². The van der Waals surface area contributed by atoms with E-state index in [1.807, 2.05) is 0 Å². The molecule has 0 aliphatic carbocycles. The van der Waals surface area contributed by atoms with Crippen LogP contribution in [0.2, 0.25) is 0 Å². The first-order chi connectivity index (χ1) is 13.8. The van der Waals surface area contributed by atoms with E-state index in [1.54, 1.807) is 60.7 Å². The zero-order valence-electron chi connectivity index (χ0n) is 15.0. The van der Waals surface area contributed by atoms with E-state index in [0.717, 1.165) is 0 Å². The van der Waals surface area contributed by atoms with Crippen molar-refractivity contribution in [2.24, 2.45) is 0 Å². The van der Waals surface area contributed by atoms with Gasteiger partial charge in [0.1, 0.15) is 0 Å². The minimum Gasteiger partial charge on any atom is -0.400 e. The predicted molar refractivity (Wildman–Crippen MR) is 108 cm³/mol. The summed E-state index contributed by atoms with van der Waals surface area (Å²) in [6.45, 7) is 0. The quantitative estimate of drug-likeness (QED) is 0.458. The molecule has 0 bridgehead atoms. The maximum absolute atomic E-state index is 12.4. The van der Waals surface area contributed by atoms with E-state index in [0.29, 0.717) is 11.1 Å². The van der Waals surface area contributed by atoms with Crippen molar-refractivity contribution >= 4 is 31.0 Å². The Morgan fingerprint density at radius 2 is 1.10 bits per heavy atom. The van der Waals surface area contributed by atoms with Crippen molar-refractivity contribution in [2.75, 3.05) is 10.6 Å². The molecule has 0 saturated heterocycles. The maximum atomic E-state index is 12.4. The highest BCUT2D eigenvalue weighted by Crippen LogP contribution is 2.45. The van der Waals surface area contributed by atoms with Gasteiger partial charge in [-0.05, 0) is 36.4 Å². The van der Waals surface area contributed by atoms with Crippen LogP contribution in [0.3, 0.4) is 0 Å². The minimum absolute atomic E-state index is 0.00644. The summed E-state index contributed by atoms with van der Waals surface area (Å²) < 4.78 is 16.2. The Bertz CT molecular complexity index is 995. The van der Waals surface area contributed by atoms with Gasteiger partial charge < -0.3 is 15.2 Å². The van der Waals surface area contributed by atoms with Crippen molar-refractivity contribution < 1.29 is 28.5 Å². The van der Waals surface area contributed by atoms with Gasteiger partial charge in [-0.3, -0.25) is 19.4 Å². The summed E-state index contributed by atoms with van der Waals surface area (Å²) in [7, 11) is -4.97.